The summed E-state index contributed by atoms with van der Waals surface area (Å²) in [7, 11) is 0. The van der Waals surface area contributed by atoms with Gasteiger partial charge in [-0.05, 0) is 62.3 Å². The Morgan fingerprint density at radius 2 is 1.92 bits per heavy atom. The van der Waals surface area contributed by atoms with E-state index in [2.05, 4.69) is 10.4 Å². The van der Waals surface area contributed by atoms with E-state index >= 15 is 0 Å². The number of aromatic nitrogens is 4. The van der Waals surface area contributed by atoms with E-state index in [0.29, 0.717) is 4.77 Å². The first kappa shape index (κ1) is 16.2. The molecule has 124 valence electrons. The van der Waals surface area contributed by atoms with Crippen LogP contribution in [-0.4, -0.2) is 25.0 Å². The summed E-state index contributed by atoms with van der Waals surface area (Å²) in [4.78, 5) is 12.4. The van der Waals surface area contributed by atoms with Crippen LogP contribution >= 0.6 is 12.2 Å². The molecule has 0 bridgehead atoms. The van der Waals surface area contributed by atoms with E-state index < -0.39 is 0 Å². The van der Waals surface area contributed by atoms with Crippen molar-refractivity contribution in [2.45, 2.75) is 27.3 Å². The summed E-state index contributed by atoms with van der Waals surface area (Å²) in [5, 5.41) is 7.31. The lowest BCUT2D eigenvalue weighted by molar-refractivity contribution is -0.116. The molecule has 1 N–H and O–H groups in total. The number of anilines is 1. The zero-order chi connectivity index (χ0) is 17.3. The Bertz CT molecular complexity index is 937. The standard InChI is InChI=1S/C17H19N5OS/c1-12-6-7-13(2)15(10-12)18-16(23)11-21-17(24)22(14(3)19-21)20-8-4-5-9-20/h4-10H,11H2,1-3H3,(H,18,23). The summed E-state index contributed by atoms with van der Waals surface area (Å²) in [6.45, 7) is 5.88. The van der Waals surface area contributed by atoms with Crippen LogP contribution < -0.4 is 5.32 Å². The van der Waals surface area contributed by atoms with Crippen molar-refractivity contribution in [1.29, 1.82) is 0 Å². The molecule has 0 fully saturated rings. The van der Waals surface area contributed by atoms with E-state index in [-0.39, 0.29) is 12.5 Å². The molecular formula is C17H19N5OS. The van der Waals surface area contributed by atoms with Crippen molar-refractivity contribution in [3.63, 3.8) is 0 Å². The molecule has 2 aromatic heterocycles. The maximum Gasteiger partial charge on any atom is 0.246 e. The highest BCUT2D eigenvalue weighted by Gasteiger charge is 2.12. The maximum atomic E-state index is 12.4. The van der Waals surface area contributed by atoms with E-state index in [9.17, 15) is 4.79 Å². The summed E-state index contributed by atoms with van der Waals surface area (Å²) in [6.07, 6.45) is 3.76. The first-order chi connectivity index (χ1) is 11.5. The van der Waals surface area contributed by atoms with Gasteiger partial charge in [0.1, 0.15) is 12.4 Å². The van der Waals surface area contributed by atoms with Crippen LogP contribution in [-0.2, 0) is 11.3 Å². The summed E-state index contributed by atoms with van der Waals surface area (Å²) < 4.78 is 5.62. The molecule has 0 aliphatic heterocycles. The van der Waals surface area contributed by atoms with E-state index in [1.54, 1.807) is 4.68 Å². The first-order valence-electron chi connectivity index (χ1n) is 7.63. The number of hydrogen-bond donors (Lipinski definition) is 1. The minimum Gasteiger partial charge on any atom is -0.324 e. The van der Waals surface area contributed by atoms with E-state index in [4.69, 9.17) is 12.2 Å². The molecule has 1 aromatic carbocycles. The van der Waals surface area contributed by atoms with Gasteiger partial charge in [-0.25, -0.2) is 9.36 Å². The molecule has 0 radical (unpaired) electrons. The molecule has 3 rings (SSSR count). The third-order valence-electron chi connectivity index (χ3n) is 3.75. The number of nitrogens with zero attached hydrogens (tertiary/aromatic N) is 4. The molecule has 1 amide bonds. The molecule has 7 heteroatoms. The van der Waals surface area contributed by atoms with Crippen LogP contribution in [0.4, 0.5) is 5.69 Å². The van der Waals surface area contributed by atoms with Gasteiger partial charge in [-0.15, -0.1) is 0 Å². The Kier molecular flexibility index (Phi) is 4.35. The van der Waals surface area contributed by atoms with Crippen LogP contribution in [0.3, 0.4) is 0 Å². The zero-order valence-corrected chi connectivity index (χ0v) is 14.7. The molecule has 6 nitrogen and oxygen atoms in total. The van der Waals surface area contributed by atoms with Crippen molar-refractivity contribution in [3.8, 4) is 0 Å². The lowest BCUT2D eigenvalue weighted by Crippen LogP contribution is -2.20. The molecule has 0 aliphatic rings. The molecule has 2 heterocycles. The third kappa shape index (κ3) is 3.16. The fraction of sp³-hybridized carbons (Fsp3) is 0.235. The predicted molar refractivity (Wildman–Crippen MR) is 95.6 cm³/mol. The highest BCUT2D eigenvalue weighted by atomic mass is 32.1. The van der Waals surface area contributed by atoms with E-state index in [1.165, 1.54) is 4.68 Å². The molecule has 0 unspecified atom stereocenters. The number of hydrogen-bond acceptors (Lipinski definition) is 3. The van der Waals surface area contributed by atoms with Crippen molar-refractivity contribution >= 4 is 23.8 Å². The van der Waals surface area contributed by atoms with Crippen LogP contribution in [0, 0.1) is 25.5 Å². The molecule has 0 atom stereocenters. The SMILES string of the molecule is Cc1ccc(C)c(NC(=O)Cn2nc(C)n(-n3cccc3)c2=S)c1. The average Bonchev–Trinajstić information content (AvgIpc) is 3.12. The second-order valence-electron chi connectivity index (χ2n) is 5.73. The van der Waals surface area contributed by atoms with Gasteiger partial charge in [-0.1, -0.05) is 12.1 Å². The average molecular weight is 341 g/mol. The highest BCUT2D eigenvalue weighted by molar-refractivity contribution is 7.71. The van der Waals surface area contributed by atoms with Crippen molar-refractivity contribution in [3.05, 3.63) is 64.4 Å². The number of aryl methyl sites for hydroxylation is 3. The fourth-order valence-corrected chi connectivity index (χ4v) is 2.86. The Labute approximate surface area is 145 Å². The van der Waals surface area contributed by atoms with E-state index in [0.717, 1.165) is 22.6 Å². The van der Waals surface area contributed by atoms with Crippen LogP contribution in [0.2, 0.25) is 0 Å². The quantitative estimate of drug-likeness (QED) is 0.742. The number of carbonyl (C=O) groups is 1. The summed E-state index contributed by atoms with van der Waals surface area (Å²) >= 11 is 5.45. The van der Waals surface area contributed by atoms with Gasteiger partial charge in [0.15, 0.2) is 0 Å². The van der Waals surface area contributed by atoms with Gasteiger partial charge in [0.05, 0.1) is 0 Å². The number of amides is 1. The number of rotatable bonds is 4. The molecule has 0 saturated carbocycles. The summed E-state index contributed by atoms with van der Waals surface area (Å²) in [5.74, 6) is 0.563. The fourth-order valence-electron chi connectivity index (χ4n) is 2.53. The molecule has 0 saturated heterocycles. The normalized spacial score (nSPS) is 10.8. The second kappa shape index (κ2) is 6.45. The van der Waals surface area contributed by atoms with Crippen LogP contribution in [0.15, 0.2) is 42.7 Å². The molecule has 24 heavy (non-hydrogen) atoms. The van der Waals surface area contributed by atoms with Gasteiger partial charge in [0.2, 0.25) is 10.7 Å². The third-order valence-corrected chi connectivity index (χ3v) is 4.14. The largest absolute Gasteiger partial charge is 0.324 e. The van der Waals surface area contributed by atoms with Gasteiger partial charge in [0, 0.05) is 18.1 Å². The Morgan fingerprint density at radius 3 is 2.62 bits per heavy atom. The number of benzene rings is 1. The first-order valence-corrected chi connectivity index (χ1v) is 8.04. The highest BCUT2D eigenvalue weighted by Crippen LogP contribution is 2.16. The minimum absolute atomic E-state index is 0.0708. The maximum absolute atomic E-state index is 12.4. The van der Waals surface area contributed by atoms with Crippen molar-refractivity contribution < 1.29 is 4.79 Å². The van der Waals surface area contributed by atoms with Gasteiger partial charge in [-0.3, -0.25) is 9.47 Å². The summed E-state index contributed by atoms with van der Waals surface area (Å²) in [6, 6.07) is 9.78. The Hall–Kier alpha value is -2.67. The zero-order valence-electron chi connectivity index (χ0n) is 13.9. The van der Waals surface area contributed by atoms with Gasteiger partial charge in [-0.2, -0.15) is 5.10 Å². The van der Waals surface area contributed by atoms with Gasteiger partial charge < -0.3 is 5.32 Å². The topological polar surface area (TPSA) is 56.8 Å². The molecule has 0 spiro atoms. The summed E-state index contributed by atoms with van der Waals surface area (Å²) in [5.41, 5.74) is 2.93. The van der Waals surface area contributed by atoms with Crippen molar-refractivity contribution in [2.24, 2.45) is 0 Å². The molecule has 3 aromatic rings. The minimum atomic E-state index is -0.156. The van der Waals surface area contributed by atoms with Crippen LogP contribution in [0.1, 0.15) is 17.0 Å². The smallest absolute Gasteiger partial charge is 0.246 e. The number of nitrogens with one attached hydrogen (secondary N) is 1. The Balaban J connectivity index is 1.82. The van der Waals surface area contributed by atoms with Gasteiger partial charge >= 0.3 is 0 Å². The lowest BCUT2D eigenvalue weighted by Gasteiger charge is -2.09. The number of carbonyl (C=O) groups excluding carboxylic acids is 1. The molecular weight excluding hydrogens is 322 g/mol. The lowest BCUT2D eigenvalue weighted by atomic mass is 10.1. The molecule has 0 aliphatic carbocycles. The van der Waals surface area contributed by atoms with Crippen molar-refractivity contribution in [2.75, 3.05) is 5.32 Å². The Morgan fingerprint density at radius 1 is 1.21 bits per heavy atom. The monoisotopic (exact) mass is 341 g/mol. The van der Waals surface area contributed by atoms with E-state index in [1.807, 2.05) is 68.2 Å². The predicted octanol–water partition coefficient (Wildman–Crippen LogP) is 3.09. The van der Waals surface area contributed by atoms with Crippen LogP contribution in [0.25, 0.3) is 0 Å². The van der Waals surface area contributed by atoms with Crippen molar-refractivity contribution in [1.82, 2.24) is 19.1 Å². The van der Waals surface area contributed by atoms with Gasteiger partial charge in [0.25, 0.3) is 0 Å². The second-order valence-corrected chi connectivity index (χ2v) is 6.09. The van der Waals surface area contributed by atoms with Crippen LogP contribution in [0.5, 0.6) is 0 Å².